The molecule has 5 nitrogen and oxygen atoms in total. The molecule has 0 aromatic heterocycles. The van der Waals surface area contributed by atoms with Crippen molar-refractivity contribution in [2.75, 3.05) is 15.7 Å². The molecule has 1 unspecified atom stereocenters. The van der Waals surface area contributed by atoms with E-state index in [2.05, 4.69) is 13.2 Å². The summed E-state index contributed by atoms with van der Waals surface area (Å²) in [5, 5.41) is 0. The summed E-state index contributed by atoms with van der Waals surface area (Å²) < 4.78 is 65.4. The second-order valence-corrected chi connectivity index (χ2v) is 7.90. The predicted octanol–water partition coefficient (Wildman–Crippen LogP) is 3.77. The van der Waals surface area contributed by atoms with Gasteiger partial charge in [0.25, 0.3) is 10.0 Å². The van der Waals surface area contributed by atoms with Crippen molar-refractivity contribution in [2.45, 2.75) is 26.1 Å². The molecule has 9 heteroatoms. The molecule has 1 aliphatic heterocycles. The topological polar surface area (TPSA) is 57.7 Å². The molecule has 0 spiro atoms. The molecule has 0 bridgehead atoms. The number of benzene rings is 1. The van der Waals surface area contributed by atoms with Crippen LogP contribution in [0.15, 0.2) is 60.1 Å². The maximum Gasteiger partial charge on any atom is 0.415 e. The van der Waals surface area contributed by atoms with Gasteiger partial charge < -0.3 is 4.90 Å². The van der Waals surface area contributed by atoms with Gasteiger partial charge in [0.1, 0.15) is 0 Å². The number of halogens is 3. The van der Waals surface area contributed by atoms with Crippen LogP contribution in [-0.2, 0) is 14.8 Å². The van der Waals surface area contributed by atoms with E-state index in [1.165, 1.54) is 17.9 Å². The molecule has 27 heavy (non-hydrogen) atoms. The minimum atomic E-state index is -4.76. The van der Waals surface area contributed by atoms with E-state index < -0.39 is 32.7 Å². The Kier molecular flexibility index (Phi) is 5.55. The van der Waals surface area contributed by atoms with Gasteiger partial charge in [-0.2, -0.15) is 13.2 Å². The zero-order chi connectivity index (χ0) is 20.6. The summed E-state index contributed by atoms with van der Waals surface area (Å²) in [4.78, 5) is 12.8. The number of carbonyl (C=O) groups excluding carboxylic acids is 1. The van der Waals surface area contributed by atoms with Crippen molar-refractivity contribution in [2.24, 2.45) is 0 Å². The molecule has 0 N–H and O–H groups in total. The number of anilines is 2. The maximum absolute atomic E-state index is 13.0. The molecule has 0 saturated carbocycles. The third kappa shape index (κ3) is 3.92. The van der Waals surface area contributed by atoms with Crippen LogP contribution in [0.3, 0.4) is 0 Å². The van der Waals surface area contributed by atoms with Crippen LogP contribution < -0.4 is 9.21 Å². The van der Waals surface area contributed by atoms with Crippen molar-refractivity contribution in [3.05, 3.63) is 60.1 Å². The standard InChI is InChI=1S/C18H19F3N2O3S/c1-5-15(10-12(2)18(19,20)21)27(25,26)22-11-13(3)23(14(4)24)17-9-7-6-8-16(17)22/h5-10,13H,1-2,11H2,3-4H3/b15-10+. The van der Waals surface area contributed by atoms with Crippen molar-refractivity contribution in [3.63, 3.8) is 0 Å². The van der Waals surface area contributed by atoms with Gasteiger partial charge >= 0.3 is 6.18 Å². The van der Waals surface area contributed by atoms with Crippen molar-refractivity contribution in [1.29, 1.82) is 0 Å². The van der Waals surface area contributed by atoms with Crippen LogP contribution in [-0.4, -0.2) is 33.1 Å². The highest BCUT2D eigenvalue weighted by Crippen LogP contribution is 2.39. The molecular formula is C18H19F3N2O3S. The number of rotatable bonds is 4. The number of sulfonamides is 1. The number of amides is 1. The molecule has 1 aromatic carbocycles. The van der Waals surface area contributed by atoms with Crippen LogP contribution >= 0.6 is 0 Å². The van der Waals surface area contributed by atoms with Crippen molar-refractivity contribution >= 4 is 27.3 Å². The molecule has 1 aromatic rings. The van der Waals surface area contributed by atoms with Crippen LogP contribution in [0, 0.1) is 0 Å². The first-order chi connectivity index (χ1) is 12.4. The van der Waals surface area contributed by atoms with Gasteiger partial charge in [-0.3, -0.25) is 9.10 Å². The smallest absolute Gasteiger partial charge is 0.306 e. The Morgan fingerprint density at radius 3 is 2.30 bits per heavy atom. The first-order valence-corrected chi connectivity index (χ1v) is 9.37. The van der Waals surface area contributed by atoms with Crippen LogP contribution in [0.25, 0.3) is 0 Å². The number of hydrogen-bond acceptors (Lipinski definition) is 3. The number of para-hydroxylation sites is 2. The van der Waals surface area contributed by atoms with Gasteiger partial charge in [0, 0.05) is 12.5 Å². The minimum absolute atomic E-state index is 0.109. The second kappa shape index (κ2) is 7.22. The number of alkyl halides is 3. The number of hydrogen-bond donors (Lipinski definition) is 0. The Morgan fingerprint density at radius 2 is 1.81 bits per heavy atom. The van der Waals surface area contributed by atoms with Gasteiger partial charge in [-0.1, -0.05) is 25.3 Å². The first-order valence-electron chi connectivity index (χ1n) is 7.93. The Morgan fingerprint density at radius 1 is 1.26 bits per heavy atom. The fraction of sp³-hybridized carbons (Fsp3) is 0.278. The number of nitrogens with zero attached hydrogens (tertiary/aromatic N) is 2. The number of allylic oxidation sites excluding steroid dienone is 3. The van der Waals surface area contributed by atoms with E-state index in [1.54, 1.807) is 25.1 Å². The molecule has 146 valence electrons. The lowest BCUT2D eigenvalue weighted by Crippen LogP contribution is -2.51. The Labute approximate surface area is 156 Å². The fourth-order valence-corrected chi connectivity index (χ4v) is 4.44. The summed E-state index contributed by atoms with van der Waals surface area (Å²) in [6.45, 7) is 9.12. The van der Waals surface area contributed by atoms with Crippen LogP contribution in [0.5, 0.6) is 0 Å². The minimum Gasteiger partial charge on any atom is -0.306 e. The van der Waals surface area contributed by atoms with E-state index in [4.69, 9.17) is 0 Å². The predicted molar refractivity (Wildman–Crippen MR) is 98.8 cm³/mol. The highest BCUT2D eigenvalue weighted by molar-refractivity contribution is 7.96. The molecule has 0 saturated heterocycles. The zero-order valence-electron chi connectivity index (χ0n) is 14.8. The van der Waals surface area contributed by atoms with Crippen LogP contribution in [0.2, 0.25) is 0 Å². The van der Waals surface area contributed by atoms with Gasteiger partial charge in [0.2, 0.25) is 5.91 Å². The molecule has 1 heterocycles. The largest absolute Gasteiger partial charge is 0.415 e. The lowest BCUT2D eigenvalue weighted by molar-refractivity contribution is -0.117. The molecule has 0 fully saturated rings. The highest BCUT2D eigenvalue weighted by Gasteiger charge is 2.38. The number of carbonyl (C=O) groups is 1. The van der Waals surface area contributed by atoms with Crippen molar-refractivity contribution < 1.29 is 26.4 Å². The van der Waals surface area contributed by atoms with E-state index in [0.29, 0.717) is 11.8 Å². The third-order valence-electron chi connectivity index (χ3n) is 4.09. The van der Waals surface area contributed by atoms with E-state index in [1.807, 2.05) is 0 Å². The highest BCUT2D eigenvalue weighted by atomic mass is 32.2. The van der Waals surface area contributed by atoms with Gasteiger partial charge in [0.15, 0.2) is 0 Å². The lowest BCUT2D eigenvalue weighted by atomic mass is 10.1. The van der Waals surface area contributed by atoms with E-state index in [9.17, 15) is 26.4 Å². The van der Waals surface area contributed by atoms with Crippen molar-refractivity contribution in [1.82, 2.24) is 0 Å². The van der Waals surface area contributed by atoms with Gasteiger partial charge in [0.05, 0.1) is 28.9 Å². The molecule has 0 radical (unpaired) electrons. The molecule has 2 rings (SSSR count). The summed E-state index contributed by atoms with van der Waals surface area (Å²) in [5.41, 5.74) is -0.730. The Balaban J connectivity index is 2.60. The number of fused-ring (bicyclic) bond motifs is 1. The van der Waals surface area contributed by atoms with Gasteiger partial charge in [-0.25, -0.2) is 8.42 Å². The second-order valence-electron chi connectivity index (χ2n) is 6.04. The summed E-state index contributed by atoms with van der Waals surface area (Å²) >= 11 is 0. The normalized spacial score (nSPS) is 18.1. The summed E-state index contributed by atoms with van der Waals surface area (Å²) in [6, 6.07) is 5.80. The average molecular weight is 400 g/mol. The lowest BCUT2D eigenvalue weighted by Gasteiger charge is -2.41. The van der Waals surface area contributed by atoms with Crippen LogP contribution in [0.1, 0.15) is 13.8 Å². The van der Waals surface area contributed by atoms with E-state index in [-0.39, 0.29) is 18.1 Å². The third-order valence-corrected chi connectivity index (χ3v) is 5.90. The van der Waals surface area contributed by atoms with Gasteiger partial charge in [-0.15, -0.1) is 0 Å². The molecule has 1 aliphatic rings. The maximum atomic E-state index is 13.0. The Hall–Kier alpha value is -2.55. The van der Waals surface area contributed by atoms with E-state index in [0.717, 1.165) is 10.4 Å². The quantitative estimate of drug-likeness (QED) is 0.723. The summed E-state index contributed by atoms with van der Waals surface area (Å²) in [7, 11) is -4.35. The first kappa shape index (κ1) is 20.8. The van der Waals surface area contributed by atoms with Crippen molar-refractivity contribution in [3.8, 4) is 0 Å². The zero-order valence-corrected chi connectivity index (χ0v) is 15.6. The SMILES string of the molecule is C=C/C(=C\C(=C)C(F)(F)F)S(=O)(=O)N1CC(C)N(C(C)=O)c2ccccc21. The van der Waals surface area contributed by atoms with Gasteiger partial charge in [-0.05, 0) is 31.2 Å². The summed E-state index contributed by atoms with van der Waals surface area (Å²) in [5.74, 6) is -0.267. The van der Waals surface area contributed by atoms with E-state index >= 15 is 0 Å². The van der Waals surface area contributed by atoms with Crippen LogP contribution in [0.4, 0.5) is 24.5 Å². The monoisotopic (exact) mass is 400 g/mol. The molecule has 1 amide bonds. The molecule has 1 atom stereocenters. The molecule has 0 aliphatic carbocycles. The molecular weight excluding hydrogens is 381 g/mol. The fourth-order valence-electron chi connectivity index (χ4n) is 2.86. The average Bonchev–Trinajstić information content (AvgIpc) is 2.57. The Bertz CT molecular complexity index is 920. The summed E-state index contributed by atoms with van der Waals surface area (Å²) in [6.07, 6.45) is -3.47.